The van der Waals surface area contributed by atoms with Gasteiger partial charge in [-0.3, -0.25) is 4.79 Å². The molecule has 3 aromatic rings. The minimum absolute atomic E-state index is 0.0434. The number of benzene rings is 2. The maximum absolute atomic E-state index is 13.1. The van der Waals surface area contributed by atoms with Gasteiger partial charge in [0.2, 0.25) is 0 Å². The molecule has 1 aromatic heterocycles. The number of halogens is 1. The zero-order valence-corrected chi connectivity index (χ0v) is 21.1. The number of rotatable bonds is 6. The van der Waals surface area contributed by atoms with E-state index in [0.29, 0.717) is 39.6 Å². The molecule has 0 spiro atoms. The summed E-state index contributed by atoms with van der Waals surface area (Å²) in [5.41, 5.74) is 1.82. The van der Waals surface area contributed by atoms with E-state index in [1.165, 1.54) is 0 Å². The van der Waals surface area contributed by atoms with Gasteiger partial charge in [0, 0.05) is 23.1 Å². The summed E-state index contributed by atoms with van der Waals surface area (Å²) in [6, 6.07) is 14.4. The minimum Gasteiger partial charge on any atom is -0.454 e. The molecule has 0 aliphatic carbocycles. The van der Waals surface area contributed by atoms with Crippen LogP contribution in [0.25, 0.3) is 11.1 Å². The lowest BCUT2D eigenvalue weighted by atomic mass is 9.78. The number of hydrogen-bond acceptors (Lipinski definition) is 6. The van der Waals surface area contributed by atoms with E-state index in [9.17, 15) is 10.1 Å². The summed E-state index contributed by atoms with van der Waals surface area (Å²) in [7, 11) is 0. The smallest absolute Gasteiger partial charge is 0.163 e. The van der Waals surface area contributed by atoms with Crippen molar-refractivity contribution in [2.75, 3.05) is 0 Å². The quantitative estimate of drug-likeness (QED) is 0.346. The van der Waals surface area contributed by atoms with Crippen molar-refractivity contribution in [1.29, 1.82) is 5.26 Å². The molecule has 6 nitrogen and oxygen atoms in total. The first-order chi connectivity index (χ1) is 16.6. The SMILES string of the molecule is CC1(C)CC(CC(=O)c2ccc(Oc3cccc(-c4ccnnc4)c3C#N)c(Cl)c2)CC(C)(C)O1. The number of nitriles is 1. The van der Waals surface area contributed by atoms with Gasteiger partial charge in [-0.1, -0.05) is 23.7 Å². The Kier molecular flexibility index (Phi) is 6.93. The standard InChI is InChI=1S/C28H28ClN3O3/c1-27(2)14-18(15-28(3,4)35-27)12-24(33)19-8-9-26(23(29)13-19)34-25-7-5-6-21(22(25)16-30)20-10-11-31-32-17-20/h5-11,13,17-18H,12,14-15H2,1-4H3. The number of aromatic nitrogens is 2. The summed E-state index contributed by atoms with van der Waals surface area (Å²) < 4.78 is 12.2. The lowest BCUT2D eigenvalue weighted by Crippen LogP contribution is -2.45. The molecule has 1 aliphatic heterocycles. The van der Waals surface area contributed by atoms with Gasteiger partial charge in [-0.15, -0.1) is 0 Å². The third kappa shape index (κ3) is 5.87. The number of Topliss-reactive ketones (excluding diaryl/α,β-unsaturated/α-hetero) is 1. The van der Waals surface area contributed by atoms with Crippen molar-refractivity contribution in [1.82, 2.24) is 10.2 Å². The number of ether oxygens (including phenoxy) is 2. The summed E-state index contributed by atoms with van der Waals surface area (Å²) in [4.78, 5) is 13.1. The Morgan fingerprint density at radius 2 is 1.86 bits per heavy atom. The van der Waals surface area contributed by atoms with Gasteiger partial charge in [-0.2, -0.15) is 15.5 Å². The second-order valence-corrected chi connectivity index (χ2v) is 10.6. The van der Waals surface area contributed by atoms with Crippen LogP contribution in [-0.4, -0.2) is 27.2 Å². The van der Waals surface area contributed by atoms with Crippen LogP contribution in [0.5, 0.6) is 11.5 Å². The summed E-state index contributed by atoms with van der Waals surface area (Å²) in [5, 5.41) is 17.8. The molecule has 2 heterocycles. The van der Waals surface area contributed by atoms with Crippen molar-refractivity contribution >= 4 is 17.4 Å². The zero-order valence-electron chi connectivity index (χ0n) is 20.3. The average Bonchev–Trinajstić information content (AvgIpc) is 2.78. The van der Waals surface area contributed by atoms with Crippen LogP contribution in [0.1, 0.15) is 62.9 Å². The van der Waals surface area contributed by atoms with Gasteiger partial charge in [0.15, 0.2) is 5.78 Å². The highest BCUT2D eigenvalue weighted by Crippen LogP contribution is 2.41. The van der Waals surface area contributed by atoms with Crippen LogP contribution in [0.4, 0.5) is 0 Å². The normalized spacial score (nSPS) is 16.9. The lowest BCUT2D eigenvalue weighted by molar-refractivity contribution is -0.171. The first-order valence-corrected chi connectivity index (χ1v) is 12.0. The van der Waals surface area contributed by atoms with Gasteiger partial charge in [0.1, 0.15) is 23.1 Å². The van der Waals surface area contributed by atoms with Gasteiger partial charge >= 0.3 is 0 Å². The minimum atomic E-state index is -0.263. The Morgan fingerprint density at radius 1 is 1.11 bits per heavy atom. The van der Waals surface area contributed by atoms with Gasteiger partial charge < -0.3 is 9.47 Å². The number of nitrogens with zero attached hydrogens (tertiary/aromatic N) is 3. The highest BCUT2D eigenvalue weighted by atomic mass is 35.5. The molecule has 0 saturated carbocycles. The van der Waals surface area contributed by atoms with Crippen molar-refractivity contribution in [3.05, 3.63) is 71.0 Å². The molecule has 7 heteroatoms. The van der Waals surface area contributed by atoms with E-state index in [2.05, 4.69) is 44.0 Å². The highest BCUT2D eigenvalue weighted by Gasteiger charge is 2.39. The van der Waals surface area contributed by atoms with E-state index in [1.54, 1.807) is 48.8 Å². The fourth-order valence-electron chi connectivity index (χ4n) is 5.12. The zero-order chi connectivity index (χ0) is 25.2. The maximum atomic E-state index is 13.1. The fourth-order valence-corrected chi connectivity index (χ4v) is 5.33. The third-order valence-electron chi connectivity index (χ3n) is 6.09. The number of carbonyl (C=O) groups excluding carboxylic acids is 1. The van der Waals surface area contributed by atoms with Crippen LogP contribution in [0, 0.1) is 17.2 Å². The first-order valence-electron chi connectivity index (χ1n) is 11.6. The number of ketones is 1. The van der Waals surface area contributed by atoms with Gasteiger partial charge in [0.05, 0.1) is 28.6 Å². The van der Waals surface area contributed by atoms with Crippen LogP contribution in [0.2, 0.25) is 5.02 Å². The Morgan fingerprint density at radius 3 is 2.49 bits per heavy atom. The Balaban J connectivity index is 1.53. The molecule has 4 rings (SSSR count). The number of hydrogen-bond donors (Lipinski definition) is 0. The lowest BCUT2D eigenvalue weighted by Gasteiger charge is -2.45. The van der Waals surface area contributed by atoms with E-state index >= 15 is 0 Å². The second-order valence-electron chi connectivity index (χ2n) is 10.2. The van der Waals surface area contributed by atoms with Gasteiger partial charge in [-0.25, -0.2) is 0 Å². The van der Waals surface area contributed by atoms with E-state index in [1.807, 2.05) is 6.07 Å². The Hall–Kier alpha value is -3.27. The van der Waals surface area contributed by atoms with Crippen LogP contribution >= 0.6 is 11.6 Å². The molecule has 0 bridgehead atoms. The Bertz CT molecular complexity index is 1270. The molecular weight excluding hydrogens is 462 g/mol. The van der Waals surface area contributed by atoms with E-state index in [0.717, 1.165) is 18.4 Å². The second kappa shape index (κ2) is 9.77. The topological polar surface area (TPSA) is 85.1 Å². The predicted molar refractivity (Wildman–Crippen MR) is 135 cm³/mol. The monoisotopic (exact) mass is 489 g/mol. The van der Waals surface area contributed by atoms with E-state index in [4.69, 9.17) is 21.1 Å². The molecule has 35 heavy (non-hydrogen) atoms. The average molecular weight is 490 g/mol. The number of carbonyl (C=O) groups is 1. The van der Waals surface area contributed by atoms with Crippen molar-refractivity contribution in [3.63, 3.8) is 0 Å². The van der Waals surface area contributed by atoms with Crippen LogP contribution in [-0.2, 0) is 4.74 Å². The molecule has 1 aliphatic rings. The largest absolute Gasteiger partial charge is 0.454 e. The van der Waals surface area contributed by atoms with Crippen LogP contribution < -0.4 is 4.74 Å². The van der Waals surface area contributed by atoms with Gasteiger partial charge in [0.25, 0.3) is 0 Å². The molecule has 2 aromatic carbocycles. The van der Waals surface area contributed by atoms with Crippen molar-refractivity contribution < 1.29 is 14.3 Å². The molecule has 0 radical (unpaired) electrons. The predicted octanol–water partition coefficient (Wildman–Crippen LogP) is 7.02. The molecule has 1 saturated heterocycles. The maximum Gasteiger partial charge on any atom is 0.163 e. The molecule has 0 amide bonds. The Labute approximate surface area is 210 Å². The molecular formula is C28H28ClN3O3. The summed E-state index contributed by atoms with van der Waals surface area (Å²) in [5.74, 6) is 1.02. The van der Waals surface area contributed by atoms with Crippen molar-refractivity contribution in [2.45, 2.75) is 58.2 Å². The van der Waals surface area contributed by atoms with Gasteiger partial charge in [-0.05, 0) is 76.8 Å². The summed E-state index contributed by atoms with van der Waals surface area (Å²) >= 11 is 6.51. The molecule has 1 fully saturated rings. The van der Waals surface area contributed by atoms with Crippen LogP contribution in [0.3, 0.4) is 0 Å². The van der Waals surface area contributed by atoms with Crippen LogP contribution in [0.15, 0.2) is 54.9 Å². The summed E-state index contributed by atoms with van der Waals surface area (Å²) in [6.45, 7) is 8.29. The van der Waals surface area contributed by atoms with E-state index < -0.39 is 0 Å². The first kappa shape index (κ1) is 24.8. The fraction of sp³-hybridized carbons (Fsp3) is 0.357. The van der Waals surface area contributed by atoms with E-state index in [-0.39, 0.29) is 22.9 Å². The molecule has 0 N–H and O–H groups in total. The molecule has 0 atom stereocenters. The summed E-state index contributed by atoms with van der Waals surface area (Å²) in [6.07, 6.45) is 5.26. The van der Waals surface area contributed by atoms with Crippen molar-refractivity contribution in [2.24, 2.45) is 5.92 Å². The third-order valence-corrected chi connectivity index (χ3v) is 6.39. The van der Waals surface area contributed by atoms with Crippen molar-refractivity contribution in [3.8, 4) is 28.7 Å². The highest BCUT2D eigenvalue weighted by molar-refractivity contribution is 6.32. The molecule has 0 unspecified atom stereocenters. The molecule has 180 valence electrons.